The minimum absolute atomic E-state index is 0.0321. The number of hydrogen-bond acceptors (Lipinski definition) is 3. The first kappa shape index (κ1) is 19.0. The van der Waals surface area contributed by atoms with Crippen molar-refractivity contribution >= 4 is 11.8 Å². The van der Waals surface area contributed by atoms with Gasteiger partial charge in [0.1, 0.15) is 11.9 Å². The highest BCUT2D eigenvalue weighted by atomic mass is 16.5. The van der Waals surface area contributed by atoms with Crippen molar-refractivity contribution in [2.24, 2.45) is 34.5 Å². The highest BCUT2D eigenvalue weighted by molar-refractivity contribution is 5.87. The van der Waals surface area contributed by atoms with Crippen molar-refractivity contribution in [2.45, 2.75) is 78.2 Å². The maximum absolute atomic E-state index is 12.7. The maximum Gasteiger partial charge on any atom is 0.302 e. The van der Waals surface area contributed by atoms with Crippen molar-refractivity contribution in [1.29, 1.82) is 0 Å². The van der Waals surface area contributed by atoms with Crippen LogP contribution in [-0.2, 0) is 14.3 Å². The molecule has 7 unspecified atom stereocenters. The van der Waals surface area contributed by atoms with E-state index in [0.29, 0.717) is 29.5 Å². The number of ketones is 1. The van der Waals surface area contributed by atoms with Crippen LogP contribution in [0.1, 0.15) is 72.1 Å². The summed E-state index contributed by atoms with van der Waals surface area (Å²) in [6.07, 6.45) is 12.6. The number of rotatable bonds is 3. The summed E-state index contributed by atoms with van der Waals surface area (Å²) in [4.78, 5) is 24.1. The van der Waals surface area contributed by atoms with Crippen LogP contribution in [0.15, 0.2) is 24.3 Å². The molecule has 0 aromatic rings. The van der Waals surface area contributed by atoms with Crippen molar-refractivity contribution in [3.8, 4) is 0 Å². The standard InChI is InChI=1S/C24H34O3/c1-5-6-16-13-17-14-18(27-15(2)25)9-11-23(17,3)20-10-12-24(4)19(22(16)20)7-8-21(24)26/h5,13,16,18-20,22H,1,6-12,14H2,2-4H3. The molecule has 4 rings (SSSR count). The number of allylic oxidation sites excluding steroid dienone is 2. The van der Waals surface area contributed by atoms with Gasteiger partial charge in [0.05, 0.1) is 0 Å². The SMILES string of the molecule is C=CCC1C=C2CC(OC(C)=O)CCC2(C)C2CCC3(C)C(=O)CCC3C12. The van der Waals surface area contributed by atoms with Crippen LogP contribution in [0.5, 0.6) is 0 Å². The Balaban J connectivity index is 1.70. The van der Waals surface area contributed by atoms with E-state index in [4.69, 9.17) is 4.74 Å². The fourth-order valence-electron chi connectivity index (χ4n) is 7.31. The average Bonchev–Trinajstić information content (AvgIpc) is 2.91. The lowest BCUT2D eigenvalue weighted by atomic mass is 9.45. The summed E-state index contributed by atoms with van der Waals surface area (Å²) in [5.74, 6) is 2.56. The van der Waals surface area contributed by atoms with Gasteiger partial charge in [-0.05, 0) is 67.6 Å². The third-order valence-electron chi connectivity index (χ3n) is 8.71. The highest BCUT2D eigenvalue weighted by Gasteiger charge is 2.60. The fourth-order valence-corrected chi connectivity index (χ4v) is 7.31. The van der Waals surface area contributed by atoms with Crippen LogP contribution in [0.4, 0.5) is 0 Å². The van der Waals surface area contributed by atoms with Gasteiger partial charge in [-0.1, -0.05) is 31.6 Å². The molecular formula is C24H34O3. The molecule has 3 heteroatoms. The molecule has 3 fully saturated rings. The molecule has 0 radical (unpaired) electrons. The van der Waals surface area contributed by atoms with Crippen molar-refractivity contribution in [3.63, 3.8) is 0 Å². The number of fused-ring (bicyclic) bond motifs is 5. The Labute approximate surface area is 163 Å². The van der Waals surface area contributed by atoms with Crippen LogP contribution in [-0.4, -0.2) is 17.9 Å². The predicted octanol–water partition coefficient (Wildman–Crippen LogP) is 5.25. The van der Waals surface area contributed by atoms with E-state index in [1.165, 1.54) is 12.5 Å². The molecule has 0 saturated heterocycles. The molecular weight excluding hydrogens is 336 g/mol. The molecule has 3 saturated carbocycles. The fraction of sp³-hybridized carbons (Fsp3) is 0.750. The predicted molar refractivity (Wildman–Crippen MR) is 106 cm³/mol. The minimum Gasteiger partial charge on any atom is -0.462 e. The molecule has 0 heterocycles. The number of Topliss-reactive ketones (excluding diaryl/α,β-unsaturated/α-hetero) is 1. The normalized spacial score (nSPS) is 46.0. The van der Waals surface area contributed by atoms with Crippen LogP contribution in [0.2, 0.25) is 0 Å². The lowest BCUT2D eigenvalue weighted by Crippen LogP contribution is -2.53. The molecule has 4 aliphatic carbocycles. The van der Waals surface area contributed by atoms with Gasteiger partial charge >= 0.3 is 5.97 Å². The second-order valence-electron chi connectivity index (χ2n) is 9.98. The van der Waals surface area contributed by atoms with Gasteiger partial charge in [0.15, 0.2) is 0 Å². The van der Waals surface area contributed by atoms with Gasteiger partial charge in [0.25, 0.3) is 0 Å². The topological polar surface area (TPSA) is 43.4 Å². The second-order valence-corrected chi connectivity index (χ2v) is 9.98. The van der Waals surface area contributed by atoms with E-state index in [1.54, 1.807) is 0 Å². The molecule has 3 nitrogen and oxygen atoms in total. The van der Waals surface area contributed by atoms with Gasteiger partial charge < -0.3 is 4.74 Å². The largest absolute Gasteiger partial charge is 0.462 e. The van der Waals surface area contributed by atoms with E-state index in [-0.39, 0.29) is 22.9 Å². The molecule has 0 aliphatic heterocycles. The van der Waals surface area contributed by atoms with Gasteiger partial charge in [0, 0.05) is 25.2 Å². The molecule has 0 aromatic carbocycles. The molecule has 4 aliphatic rings. The van der Waals surface area contributed by atoms with Crippen molar-refractivity contribution in [3.05, 3.63) is 24.3 Å². The first-order valence-electron chi connectivity index (χ1n) is 10.8. The Morgan fingerprint density at radius 1 is 1.22 bits per heavy atom. The Kier molecular flexibility index (Phi) is 4.63. The first-order chi connectivity index (χ1) is 12.8. The van der Waals surface area contributed by atoms with Crippen molar-refractivity contribution < 1.29 is 14.3 Å². The van der Waals surface area contributed by atoms with E-state index >= 15 is 0 Å². The number of carbonyl (C=O) groups is 2. The Hall–Kier alpha value is -1.38. The molecule has 0 aromatic heterocycles. The third-order valence-corrected chi connectivity index (χ3v) is 8.71. The molecule has 0 bridgehead atoms. The maximum atomic E-state index is 12.7. The quantitative estimate of drug-likeness (QED) is 0.503. The summed E-state index contributed by atoms with van der Waals surface area (Å²) in [5, 5.41) is 0. The van der Waals surface area contributed by atoms with Crippen LogP contribution < -0.4 is 0 Å². The zero-order valence-corrected chi connectivity index (χ0v) is 17.1. The Bertz CT molecular complexity index is 692. The average molecular weight is 371 g/mol. The highest BCUT2D eigenvalue weighted by Crippen LogP contribution is 2.65. The lowest BCUT2D eigenvalue weighted by Gasteiger charge is -2.59. The Morgan fingerprint density at radius 2 is 1.93 bits per heavy atom. The van der Waals surface area contributed by atoms with Crippen LogP contribution in [0, 0.1) is 34.5 Å². The summed E-state index contributed by atoms with van der Waals surface area (Å²) in [6, 6.07) is 0. The van der Waals surface area contributed by atoms with E-state index in [0.717, 1.165) is 51.4 Å². The van der Waals surface area contributed by atoms with E-state index < -0.39 is 0 Å². The van der Waals surface area contributed by atoms with E-state index in [2.05, 4.69) is 32.6 Å². The second kappa shape index (κ2) is 6.60. The van der Waals surface area contributed by atoms with Crippen molar-refractivity contribution in [1.82, 2.24) is 0 Å². The van der Waals surface area contributed by atoms with E-state index in [9.17, 15) is 9.59 Å². The molecule has 7 atom stereocenters. The minimum atomic E-state index is -0.168. The number of esters is 1. The van der Waals surface area contributed by atoms with Gasteiger partial charge in [-0.2, -0.15) is 0 Å². The zero-order chi connectivity index (χ0) is 19.4. The summed E-state index contributed by atoms with van der Waals surface area (Å²) in [6.45, 7) is 10.2. The van der Waals surface area contributed by atoms with Gasteiger partial charge in [-0.25, -0.2) is 0 Å². The number of carbonyl (C=O) groups excluding carboxylic acids is 2. The smallest absolute Gasteiger partial charge is 0.302 e. The zero-order valence-electron chi connectivity index (χ0n) is 17.1. The molecule has 0 spiro atoms. The first-order valence-corrected chi connectivity index (χ1v) is 10.8. The van der Waals surface area contributed by atoms with Crippen LogP contribution in [0.3, 0.4) is 0 Å². The summed E-state index contributed by atoms with van der Waals surface area (Å²) < 4.78 is 5.57. The summed E-state index contributed by atoms with van der Waals surface area (Å²) >= 11 is 0. The summed E-state index contributed by atoms with van der Waals surface area (Å²) in [7, 11) is 0. The molecule has 0 amide bonds. The Morgan fingerprint density at radius 3 is 2.63 bits per heavy atom. The monoisotopic (exact) mass is 370 g/mol. The van der Waals surface area contributed by atoms with E-state index in [1.807, 2.05) is 0 Å². The van der Waals surface area contributed by atoms with Gasteiger partial charge in [-0.15, -0.1) is 6.58 Å². The van der Waals surface area contributed by atoms with Crippen molar-refractivity contribution in [2.75, 3.05) is 0 Å². The summed E-state index contributed by atoms with van der Waals surface area (Å²) in [5.41, 5.74) is 1.60. The molecule has 0 N–H and O–H groups in total. The lowest BCUT2D eigenvalue weighted by molar-refractivity contribution is -0.149. The van der Waals surface area contributed by atoms with Gasteiger partial charge in [0.2, 0.25) is 0 Å². The number of hydrogen-bond donors (Lipinski definition) is 0. The van der Waals surface area contributed by atoms with Crippen LogP contribution >= 0.6 is 0 Å². The van der Waals surface area contributed by atoms with Crippen LogP contribution in [0.25, 0.3) is 0 Å². The molecule has 148 valence electrons. The molecule has 27 heavy (non-hydrogen) atoms. The third kappa shape index (κ3) is 2.84. The number of ether oxygens (including phenoxy) is 1. The van der Waals surface area contributed by atoms with Gasteiger partial charge in [-0.3, -0.25) is 9.59 Å².